The highest BCUT2D eigenvalue weighted by molar-refractivity contribution is 5.26. The Kier molecular flexibility index (Phi) is 8.22. The highest BCUT2D eigenvalue weighted by atomic mass is 16.5. The molecule has 0 aliphatic carbocycles. The summed E-state index contributed by atoms with van der Waals surface area (Å²) >= 11 is 0. The van der Waals surface area contributed by atoms with Crippen molar-refractivity contribution in [2.75, 3.05) is 26.4 Å². The summed E-state index contributed by atoms with van der Waals surface area (Å²) in [5.74, 6) is 0.722. The Bertz CT molecular complexity index is 353. The van der Waals surface area contributed by atoms with Gasteiger partial charge in [0.25, 0.3) is 0 Å². The van der Waals surface area contributed by atoms with E-state index in [0.29, 0.717) is 25.8 Å². The second kappa shape index (κ2) is 9.72. The van der Waals surface area contributed by atoms with Gasteiger partial charge in [-0.05, 0) is 17.7 Å². The molecule has 5 nitrogen and oxygen atoms in total. The molecular weight excluding hydrogens is 258 g/mol. The molecule has 0 unspecified atom stereocenters. The lowest BCUT2D eigenvalue weighted by molar-refractivity contribution is 0.0814. The molecule has 20 heavy (non-hydrogen) atoms. The zero-order valence-electron chi connectivity index (χ0n) is 12.2. The number of nitrogens with one attached hydrogen (secondary N) is 1. The minimum Gasteiger partial charge on any atom is -0.491 e. The van der Waals surface area contributed by atoms with Crippen LogP contribution in [0.3, 0.4) is 0 Å². The number of aliphatic hydroxyl groups excluding tert-OH is 2. The first-order valence-corrected chi connectivity index (χ1v) is 6.93. The molecule has 0 fully saturated rings. The summed E-state index contributed by atoms with van der Waals surface area (Å²) in [7, 11) is 0. The summed E-state index contributed by atoms with van der Waals surface area (Å²) in [6.07, 6.45) is -0.523. The first-order chi connectivity index (χ1) is 9.61. The van der Waals surface area contributed by atoms with E-state index in [1.807, 2.05) is 38.1 Å². The van der Waals surface area contributed by atoms with Crippen LogP contribution in [0.4, 0.5) is 0 Å². The van der Waals surface area contributed by atoms with Crippen LogP contribution in [0.15, 0.2) is 24.3 Å². The molecule has 0 amide bonds. The lowest BCUT2D eigenvalue weighted by Gasteiger charge is -2.15. The van der Waals surface area contributed by atoms with Crippen LogP contribution in [0, 0.1) is 0 Å². The van der Waals surface area contributed by atoms with E-state index in [2.05, 4.69) is 5.32 Å². The molecule has 0 saturated heterocycles. The van der Waals surface area contributed by atoms with Crippen LogP contribution >= 0.6 is 0 Å². The SMILES string of the molecule is CC(C)NC[C@H](O)COc1ccc(COCCO)cc1. The molecule has 0 aliphatic rings. The standard InChI is InChI=1S/C15H25NO4/c1-12(2)16-9-14(18)11-20-15-5-3-13(4-6-15)10-19-8-7-17/h3-6,12,14,16-18H,7-11H2,1-2H3/t14-/m0/s1. The van der Waals surface area contributed by atoms with Crippen LogP contribution in [0.25, 0.3) is 0 Å². The van der Waals surface area contributed by atoms with Gasteiger partial charge in [0.05, 0.1) is 19.8 Å². The third-order valence-corrected chi connectivity index (χ3v) is 2.63. The third-order valence-electron chi connectivity index (χ3n) is 2.63. The van der Waals surface area contributed by atoms with E-state index in [9.17, 15) is 5.11 Å². The molecule has 0 aromatic heterocycles. The fraction of sp³-hybridized carbons (Fsp3) is 0.600. The zero-order valence-corrected chi connectivity index (χ0v) is 12.2. The lowest BCUT2D eigenvalue weighted by Crippen LogP contribution is -2.35. The van der Waals surface area contributed by atoms with Crippen LogP contribution in [-0.2, 0) is 11.3 Å². The number of benzene rings is 1. The Hall–Kier alpha value is -1.14. The topological polar surface area (TPSA) is 71.0 Å². The van der Waals surface area contributed by atoms with Crippen molar-refractivity contribution in [2.45, 2.75) is 32.6 Å². The molecule has 1 atom stereocenters. The van der Waals surface area contributed by atoms with Gasteiger partial charge in [0, 0.05) is 12.6 Å². The summed E-state index contributed by atoms with van der Waals surface area (Å²) in [5.41, 5.74) is 1.02. The fourth-order valence-electron chi connectivity index (χ4n) is 1.56. The maximum atomic E-state index is 9.73. The first-order valence-electron chi connectivity index (χ1n) is 6.93. The second-order valence-electron chi connectivity index (χ2n) is 4.95. The maximum Gasteiger partial charge on any atom is 0.119 e. The van der Waals surface area contributed by atoms with E-state index in [4.69, 9.17) is 14.6 Å². The van der Waals surface area contributed by atoms with Gasteiger partial charge >= 0.3 is 0 Å². The monoisotopic (exact) mass is 283 g/mol. The Morgan fingerprint density at radius 1 is 1.20 bits per heavy atom. The predicted octanol–water partition coefficient (Wildman–Crippen LogP) is 0.933. The molecule has 0 saturated carbocycles. The molecule has 1 aromatic rings. The average Bonchev–Trinajstić information content (AvgIpc) is 2.44. The Morgan fingerprint density at radius 3 is 2.50 bits per heavy atom. The van der Waals surface area contributed by atoms with E-state index in [1.54, 1.807) is 0 Å². The van der Waals surface area contributed by atoms with E-state index in [1.165, 1.54) is 0 Å². The van der Waals surface area contributed by atoms with Gasteiger partial charge in [0.1, 0.15) is 18.5 Å². The maximum absolute atomic E-state index is 9.73. The molecule has 114 valence electrons. The van der Waals surface area contributed by atoms with Crippen molar-refractivity contribution in [3.8, 4) is 5.75 Å². The van der Waals surface area contributed by atoms with Crippen molar-refractivity contribution in [2.24, 2.45) is 0 Å². The van der Waals surface area contributed by atoms with Crippen molar-refractivity contribution in [1.82, 2.24) is 5.32 Å². The molecule has 0 spiro atoms. The van der Waals surface area contributed by atoms with Gasteiger partial charge in [0.15, 0.2) is 0 Å². The normalized spacial score (nSPS) is 12.7. The molecule has 1 aromatic carbocycles. The number of hydrogen-bond acceptors (Lipinski definition) is 5. The first kappa shape index (κ1) is 16.9. The quantitative estimate of drug-likeness (QED) is 0.557. The second-order valence-corrected chi connectivity index (χ2v) is 4.95. The predicted molar refractivity (Wildman–Crippen MR) is 77.8 cm³/mol. The van der Waals surface area contributed by atoms with Gasteiger partial charge in [-0.25, -0.2) is 0 Å². The van der Waals surface area contributed by atoms with Crippen LogP contribution in [0.2, 0.25) is 0 Å². The van der Waals surface area contributed by atoms with Crippen molar-refractivity contribution in [3.63, 3.8) is 0 Å². The molecular formula is C15H25NO4. The average molecular weight is 283 g/mol. The molecule has 1 rings (SSSR count). The summed E-state index contributed by atoms with van der Waals surface area (Å²) in [6, 6.07) is 7.86. The highest BCUT2D eigenvalue weighted by Crippen LogP contribution is 2.13. The number of hydrogen-bond donors (Lipinski definition) is 3. The Balaban J connectivity index is 2.27. The summed E-state index contributed by atoms with van der Waals surface area (Å²) < 4.78 is 10.7. The lowest BCUT2D eigenvalue weighted by atomic mass is 10.2. The van der Waals surface area contributed by atoms with E-state index in [-0.39, 0.29) is 13.2 Å². The molecule has 0 bridgehead atoms. The molecule has 0 radical (unpaired) electrons. The van der Waals surface area contributed by atoms with Gasteiger partial charge in [0.2, 0.25) is 0 Å². The van der Waals surface area contributed by atoms with Gasteiger partial charge < -0.3 is 25.0 Å². The van der Waals surface area contributed by atoms with Gasteiger partial charge in [-0.3, -0.25) is 0 Å². The van der Waals surface area contributed by atoms with E-state index >= 15 is 0 Å². The Labute approximate surface area is 120 Å². The van der Waals surface area contributed by atoms with Crippen molar-refractivity contribution in [1.29, 1.82) is 0 Å². The van der Waals surface area contributed by atoms with Crippen LogP contribution in [0.5, 0.6) is 5.75 Å². The van der Waals surface area contributed by atoms with Crippen LogP contribution < -0.4 is 10.1 Å². The summed E-state index contributed by atoms with van der Waals surface area (Å²) in [5, 5.41) is 21.5. The van der Waals surface area contributed by atoms with Crippen molar-refractivity contribution < 1.29 is 19.7 Å². The van der Waals surface area contributed by atoms with Gasteiger partial charge in [-0.1, -0.05) is 26.0 Å². The Morgan fingerprint density at radius 2 is 1.90 bits per heavy atom. The summed E-state index contributed by atoms with van der Waals surface area (Å²) in [6.45, 7) is 5.69. The number of rotatable bonds is 10. The molecule has 0 aliphatic heterocycles. The highest BCUT2D eigenvalue weighted by Gasteiger charge is 2.06. The molecule has 5 heteroatoms. The number of aliphatic hydroxyl groups is 2. The smallest absolute Gasteiger partial charge is 0.119 e. The van der Waals surface area contributed by atoms with Crippen LogP contribution in [0.1, 0.15) is 19.4 Å². The minimum absolute atomic E-state index is 0.0312. The minimum atomic E-state index is -0.523. The van der Waals surface area contributed by atoms with Crippen LogP contribution in [-0.4, -0.2) is 48.7 Å². The zero-order chi connectivity index (χ0) is 14.8. The van der Waals surface area contributed by atoms with Gasteiger partial charge in [-0.2, -0.15) is 0 Å². The number of ether oxygens (including phenoxy) is 2. The van der Waals surface area contributed by atoms with Gasteiger partial charge in [-0.15, -0.1) is 0 Å². The van der Waals surface area contributed by atoms with E-state index in [0.717, 1.165) is 11.3 Å². The molecule has 0 heterocycles. The molecule has 3 N–H and O–H groups in total. The van der Waals surface area contributed by atoms with E-state index < -0.39 is 6.10 Å². The third kappa shape index (κ3) is 7.45. The largest absolute Gasteiger partial charge is 0.491 e. The fourth-order valence-corrected chi connectivity index (χ4v) is 1.56. The van der Waals surface area contributed by atoms with Crippen molar-refractivity contribution in [3.05, 3.63) is 29.8 Å². The van der Waals surface area contributed by atoms with Crippen molar-refractivity contribution >= 4 is 0 Å². The summed E-state index contributed by atoms with van der Waals surface area (Å²) in [4.78, 5) is 0.